The SMILES string of the molecule is CCNC1CCNc2c1cccc2C(F)(F)F. The van der Waals surface area contributed by atoms with Crippen LogP contribution in [0.1, 0.15) is 30.5 Å². The Morgan fingerprint density at radius 2 is 2.18 bits per heavy atom. The molecule has 0 bridgehead atoms. The predicted octanol–water partition coefficient (Wildman–Crippen LogP) is 3.17. The fraction of sp³-hybridized carbons (Fsp3) is 0.500. The summed E-state index contributed by atoms with van der Waals surface area (Å²) in [6.45, 7) is 3.27. The van der Waals surface area contributed by atoms with Gasteiger partial charge in [-0.25, -0.2) is 0 Å². The molecule has 0 fully saturated rings. The van der Waals surface area contributed by atoms with Gasteiger partial charge in [0.15, 0.2) is 0 Å². The first-order valence-corrected chi connectivity index (χ1v) is 5.71. The van der Waals surface area contributed by atoms with Crippen LogP contribution in [0.2, 0.25) is 0 Å². The van der Waals surface area contributed by atoms with Crippen molar-refractivity contribution in [1.82, 2.24) is 5.32 Å². The second-order valence-electron chi connectivity index (χ2n) is 4.09. The minimum atomic E-state index is -4.30. The highest BCUT2D eigenvalue weighted by Crippen LogP contribution is 2.40. The van der Waals surface area contributed by atoms with E-state index in [4.69, 9.17) is 0 Å². The van der Waals surface area contributed by atoms with Gasteiger partial charge in [0.1, 0.15) is 0 Å². The number of hydrogen-bond donors (Lipinski definition) is 2. The Balaban J connectivity index is 2.44. The summed E-state index contributed by atoms with van der Waals surface area (Å²) in [5.41, 5.74) is 0.378. The summed E-state index contributed by atoms with van der Waals surface area (Å²) in [5, 5.41) is 6.08. The van der Waals surface area contributed by atoms with Gasteiger partial charge < -0.3 is 10.6 Å². The Morgan fingerprint density at radius 3 is 2.82 bits per heavy atom. The molecule has 1 aromatic rings. The van der Waals surface area contributed by atoms with Crippen molar-refractivity contribution in [1.29, 1.82) is 0 Å². The number of para-hydroxylation sites is 1. The van der Waals surface area contributed by atoms with Crippen molar-refractivity contribution in [2.45, 2.75) is 25.6 Å². The third kappa shape index (κ3) is 2.39. The molecule has 1 atom stereocenters. The Morgan fingerprint density at radius 1 is 1.41 bits per heavy atom. The molecule has 0 spiro atoms. The first-order chi connectivity index (χ1) is 8.04. The molecule has 2 N–H and O–H groups in total. The van der Waals surface area contributed by atoms with Crippen molar-refractivity contribution in [2.24, 2.45) is 0 Å². The summed E-state index contributed by atoms with van der Waals surface area (Å²) >= 11 is 0. The van der Waals surface area contributed by atoms with Crippen LogP contribution in [0.5, 0.6) is 0 Å². The topological polar surface area (TPSA) is 24.1 Å². The molecule has 2 rings (SSSR count). The van der Waals surface area contributed by atoms with Crippen LogP contribution in [-0.2, 0) is 6.18 Å². The van der Waals surface area contributed by atoms with Crippen LogP contribution in [0.25, 0.3) is 0 Å². The minimum absolute atomic E-state index is 0.0125. The van der Waals surface area contributed by atoms with E-state index < -0.39 is 11.7 Å². The molecule has 0 radical (unpaired) electrons. The number of halogens is 3. The summed E-state index contributed by atoms with van der Waals surface area (Å²) in [4.78, 5) is 0. The van der Waals surface area contributed by atoms with Crippen LogP contribution in [0, 0.1) is 0 Å². The molecular formula is C12H15F3N2. The summed E-state index contributed by atoms with van der Waals surface area (Å²) in [7, 11) is 0. The van der Waals surface area contributed by atoms with Crippen molar-refractivity contribution < 1.29 is 13.2 Å². The second-order valence-corrected chi connectivity index (χ2v) is 4.09. The maximum absolute atomic E-state index is 12.8. The van der Waals surface area contributed by atoms with Crippen LogP contribution < -0.4 is 10.6 Å². The Kier molecular flexibility index (Phi) is 3.28. The second kappa shape index (κ2) is 4.56. The normalized spacial score (nSPS) is 19.6. The van der Waals surface area contributed by atoms with Crippen LogP contribution in [-0.4, -0.2) is 13.1 Å². The quantitative estimate of drug-likeness (QED) is 0.835. The molecule has 0 saturated heterocycles. The highest BCUT2D eigenvalue weighted by atomic mass is 19.4. The average molecular weight is 244 g/mol. The Hall–Kier alpha value is -1.23. The Bertz CT molecular complexity index is 401. The lowest BCUT2D eigenvalue weighted by Crippen LogP contribution is -2.29. The summed E-state index contributed by atoms with van der Waals surface area (Å²) in [6, 6.07) is 4.36. The zero-order valence-electron chi connectivity index (χ0n) is 9.56. The first kappa shape index (κ1) is 12.2. The highest BCUT2D eigenvalue weighted by molar-refractivity contribution is 5.61. The fourth-order valence-corrected chi connectivity index (χ4v) is 2.25. The zero-order valence-corrected chi connectivity index (χ0v) is 9.56. The molecule has 0 aliphatic carbocycles. The number of anilines is 1. The number of benzene rings is 1. The van der Waals surface area contributed by atoms with E-state index in [2.05, 4.69) is 10.6 Å². The van der Waals surface area contributed by atoms with E-state index in [-0.39, 0.29) is 11.7 Å². The van der Waals surface area contributed by atoms with Gasteiger partial charge in [-0.3, -0.25) is 0 Å². The number of rotatable bonds is 2. The van der Waals surface area contributed by atoms with Gasteiger partial charge in [-0.1, -0.05) is 19.1 Å². The van der Waals surface area contributed by atoms with E-state index in [0.717, 1.165) is 19.0 Å². The van der Waals surface area contributed by atoms with E-state index >= 15 is 0 Å². The van der Waals surface area contributed by atoms with Crippen LogP contribution in [0.15, 0.2) is 18.2 Å². The highest BCUT2D eigenvalue weighted by Gasteiger charge is 2.36. The van der Waals surface area contributed by atoms with E-state index in [1.54, 1.807) is 6.07 Å². The number of nitrogens with one attached hydrogen (secondary N) is 2. The summed E-state index contributed by atoms with van der Waals surface area (Å²) < 4.78 is 38.5. The molecule has 0 aromatic heterocycles. The lowest BCUT2D eigenvalue weighted by Gasteiger charge is -2.29. The molecule has 1 aliphatic heterocycles. The van der Waals surface area contributed by atoms with Gasteiger partial charge in [0, 0.05) is 12.6 Å². The Labute approximate surface area is 98.2 Å². The minimum Gasteiger partial charge on any atom is -0.384 e. The monoisotopic (exact) mass is 244 g/mol. The molecule has 0 saturated carbocycles. The lowest BCUT2D eigenvalue weighted by molar-refractivity contribution is -0.137. The van der Waals surface area contributed by atoms with E-state index in [9.17, 15) is 13.2 Å². The van der Waals surface area contributed by atoms with Gasteiger partial charge in [0.2, 0.25) is 0 Å². The molecular weight excluding hydrogens is 229 g/mol. The van der Waals surface area contributed by atoms with Crippen molar-refractivity contribution in [3.8, 4) is 0 Å². The van der Waals surface area contributed by atoms with Crippen LogP contribution in [0.3, 0.4) is 0 Å². The van der Waals surface area contributed by atoms with E-state index in [1.807, 2.05) is 6.92 Å². The maximum atomic E-state index is 12.8. The molecule has 17 heavy (non-hydrogen) atoms. The van der Waals surface area contributed by atoms with Gasteiger partial charge in [-0.2, -0.15) is 13.2 Å². The van der Waals surface area contributed by atoms with Gasteiger partial charge in [-0.15, -0.1) is 0 Å². The van der Waals surface area contributed by atoms with Gasteiger partial charge >= 0.3 is 6.18 Å². The number of alkyl halides is 3. The third-order valence-electron chi connectivity index (χ3n) is 2.96. The van der Waals surface area contributed by atoms with Gasteiger partial charge in [0.25, 0.3) is 0 Å². The molecule has 1 unspecified atom stereocenters. The molecule has 94 valence electrons. The molecule has 0 amide bonds. The molecule has 1 heterocycles. The van der Waals surface area contributed by atoms with Crippen LogP contribution >= 0.6 is 0 Å². The molecule has 1 aromatic carbocycles. The van der Waals surface area contributed by atoms with Crippen molar-refractivity contribution in [2.75, 3.05) is 18.4 Å². The largest absolute Gasteiger partial charge is 0.418 e. The zero-order chi connectivity index (χ0) is 12.5. The average Bonchev–Trinajstić information content (AvgIpc) is 2.28. The van der Waals surface area contributed by atoms with E-state index in [1.165, 1.54) is 6.07 Å². The number of fused-ring (bicyclic) bond motifs is 1. The molecule has 5 heteroatoms. The first-order valence-electron chi connectivity index (χ1n) is 5.71. The maximum Gasteiger partial charge on any atom is 0.418 e. The van der Waals surface area contributed by atoms with Crippen molar-refractivity contribution >= 4 is 5.69 Å². The standard InChI is InChI=1S/C12H15F3N2/c1-2-16-10-6-7-17-11-8(10)4-3-5-9(11)12(13,14)15/h3-5,10,16-17H,2,6-7H2,1H3. The van der Waals surface area contributed by atoms with Gasteiger partial charge in [0.05, 0.1) is 11.3 Å². The lowest BCUT2D eigenvalue weighted by atomic mass is 9.94. The fourth-order valence-electron chi connectivity index (χ4n) is 2.25. The van der Waals surface area contributed by atoms with E-state index in [0.29, 0.717) is 12.1 Å². The smallest absolute Gasteiger partial charge is 0.384 e. The molecule has 1 aliphatic rings. The third-order valence-corrected chi connectivity index (χ3v) is 2.96. The predicted molar refractivity (Wildman–Crippen MR) is 61.0 cm³/mol. The van der Waals surface area contributed by atoms with Crippen molar-refractivity contribution in [3.63, 3.8) is 0 Å². The summed E-state index contributed by atoms with van der Waals surface area (Å²) in [6.07, 6.45) is -3.49. The molecule has 2 nitrogen and oxygen atoms in total. The summed E-state index contributed by atoms with van der Waals surface area (Å²) in [5.74, 6) is 0. The van der Waals surface area contributed by atoms with Gasteiger partial charge in [-0.05, 0) is 24.6 Å². The number of hydrogen-bond acceptors (Lipinski definition) is 2. The van der Waals surface area contributed by atoms with Crippen molar-refractivity contribution in [3.05, 3.63) is 29.3 Å². The van der Waals surface area contributed by atoms with Crippen LogP contribution in [0.4, 0.5) is 18.9 Å².